The van der Waals surface area contributed by atoms with Gasteiger partial charge in [0.1, 0.15) is 18.6 Å². The second kappa shape index (κ2) is 8.67. The number of carbonyl (C=O) groups is 3. The molecule has 160 valence electrons. The Hall–Kier alpha value is -3.93. The van der Waals surface area contributed by atoms with Crippen molar-refractivity contribution in [1.29, 1.82) is 0 Å². The van der Waals surface area contributed by atoms with Crippen LogP contribution in [0.1, 0.15) is 32.7 Å². The predicted octanol–water partition coefficient (Wildman–Crippen LogP) is 1.91. The van der Waals surface area contributed by atoms with Gasteiger partial charge in [-0.2, -0.15) is 0 Å². The molecule has 1 aliphatic rings. The molecule has 0 radical (unpaired) electrons. The summed E-state index contributed by atoms with van der Waals surface area (Å²) in [6.45, 7) is -0.246. The first kappa shape index (κ1) is 21.3. The number of aliphatic hydroxyl groups is 1. The lowest BCUT2D eigenvalue weighted by atomic mass is 10.1. The highest BCUT2D eigenvalue weighted by atomic mass is 35.5. The first-order valence-corrected chi connectivity index (χ1v) is 9.94. The Morgan fingerprint density at radius 2 is 1.94 bits per heavy atom. The normalized spacial score (nSPS) is 12.6. The quantitative estimate of drug-likeness (QED) is 0.417. The van der Waals surface area contributed by atoms with E-state index in [9.17, 15) is 19.2 Å². The molecule has 4 rings (SSSR count). The highest BCUT2D eigenvalue weighted by Gasteiger charge is 2.25. The molecule has 0 spiro atoms. The summed E-state index contributed by atoms with van der Waals surface area (Å²) >= 11 is 5.86. The molecule has 9 heteroatoms. The first-order chi connectivity index (χ1) is 15.4. The number of hydrogen-bond donors (Lipinski definition) is 3. The standard InChI is InChI=1S/C23H16ClN3O5/c24-15-5-3-13(4-6-15)11-25-23(32)17-12-27-20(30)10-19(29)26-18-9-14(2-1-7-28)8-16(21(18)27)22(17)31/h3-6,8-9,12,28H,7,10-11H2,(H,25,32)(H,26,29). The summed E-state index contributed by atoms with van der Waals surface area (Å²) in [5, 5.41) is 14.8. The first-order valence-electron chi connectivity index (χ1n) is 9.56. The number of nitrogens with zero attached hydrogens (tertiary/aromatic N) is 1. The van der Waals surface area contributed by atoms with Gasteiger partial charge in [-0.05, 0) is 29.8 Å². The number of rotatable bonds is 3. The number of amides is 2. The number of carbonyl (C=O) groups excluding carboxylic acids is 3. The maximum absolute atomic E-state index is 13.2. The van der Waals surface area contributed by atoms with Crippen molar-refractivity contribution < 1.29 is 19.5 Å². The van der Waals surface area contributed by atoms with Crippen molar-refractivity contribution in [1.82, 2.24) is 9.88 Å². The topological polar surface area (TPSA) is 118 Å². The van der Waals surface area contributed by atoms with Crippen LogP contribution in [-0.2, 0) is 11.3 Å². The van der Waals surface area contributed by atoms with Gasteiger partial charge in [-0.1, -0.05) is 35.6 Å². The van der Waals surface area contributed by atoms with Crippen LogP contribution in [0.3, 0.4) is 0 Å². The lowest BCUT2D eigenvalue weighted by Crippen LogP contribution is -2.30. The van der Waals surface area contributed by atoms with Gasteiger partial charge in [-0.15, -0.1) is 0 Å². The minimum atomic E-state index is -0.666. The molecule has 0 unspecified atom stereocenters. The fraction of sp³-hybridized carbons (Fsp3) is 0.130. The summed E-state index contributed by atoms with van der Waals surface area (Å²) < 4.78 is 1.14. The van der Waals surface area contributed by atoms with Gasteiger partial charge < -0.3 is 15.7 Å². The summed E-state index contributed by atoms with van der Waals surface area (Å²) in [5.74, 6) is 3.37. The van der Waals surface area contributed by atoms with Crippen molar-refractivity contribution >= 4 is 45.9 Å². The van der Waals surface area contributed by atoms with Gasteiger partial charge in [0, 0.05) is 23.3 Å². The number of halogens is 1. The van der Waals surface area contributed by atoms with Gasteiger partial charge in [0.2, 0.25) is 17.2 Å². The Morgan fingerprint density at radius 1 is 1.19 bits per heavy atom. The van der Waals surface area contributed by atoms with Crippen LogP contribution in [0.5, 0.6) is 0 Å². The number of nitrogens with one attached hydrogen (secondary N) is 2. The van der Waals surface area contributed by atoms with E-state index in [1.165, 1.54) is 12.1 Å². The van der Waals surface area contributed by atoms with Crippen LogP contribution in [0.15, 0.2) is 47.4 Å². The zero-order chi connectivity index (χ0) is 22.8. The summed E-state index contributed by atoms with van der Waals surface area (Å²) in [7, 11) is 0. The minimum absolute atomic E-state index is 0.0550. The van der Waals surface area contributed by atoms with E-state index in [0.29, 0.717) is 10.6 Å². The summed E-state index contributed by atoms with van der Waals surface area (Å²) in [5.41, 5.74) is 0.686. The van der Waals surface area contributed by atoms with E-state index in [2.05, 4.69) is 22.5 Å². The number of pyridine rings is 1. The Kier molecular flexibility index (Phi) is 5.77. The molecular weight excluding hydrogens is 434 g/mol. The lowest BCUT2D eigenvalue weighted by Gasteiger charge is -2.13. The lowest BCUT2D eigenvalue weighted by molar-refractivity contribution is -0.115. The van der Waals surface area contributed by atoms with Crippen LogP contribution in [0.25, 0.3) is 10.9 Å². The molecule has 1 aromatic heterocycles. The van der Waals surface area contributed by atoms with Crippen molar-refractivity contribution in [3.8, 4) is 11.8 Å². The van der Waals surface area contributed by atoms with Gasteiger partial charge in [-0.3, -0.25) is 23.7 Å². The van der Waals surface area contributed by atoms with E-state index in [0.717, 1.165) is 16.3 Å². The van der Waals surface area contributed by atoms with Crippen molar-refractivity contribution in [3.63, 3.8) is 0 Å². The Labute approximate surface area is 186 Å². The van der Waals surface area contributed by atoms with E-state index in [-0.39, 0.29) is 28.7 Å². The molecule has 0 bridgehead atoms. The highest BCUT2D eigenvalue weighted by molar-refractivity contribution is 6.30. The molecule has 32 heavy (non-hydrogen) atoms. The molecule has 8 nitrogen and oxygen atoms in total. The van der Waals surface area contributed by atoms with E-state index in [1.807, 2.05) is 0 Å². The largest absolute Gasteiger partial charge is 0.384 e. The summed E-state index contributed by atoms with van der Waals surface area (Å²) in [6.07, 6.45) is 0.711. The molecule has 2 aromatic carbocycles. The maximum Gasteiger partial charge on any atom is 0.257 e. The Bertz CT molecular complexity index is 1400. The molecule has 0 saturated heterocycles. The maximum atomic E-state index is 13.2. The van der Waals surface area contributed by atoms with E-state index in [4.69, 9.17) is 16.7 Å². The number of benzene rings is 2. The van der Waals surface area contributed by atoms with Crippen LogP contribution in [0.4, 0.5) is 5.69 Å². The number of aliphatic hydroxyl groups excluding tert-OH is 1. The zero-order valence-corrected chi connectivity index (χ0v) is 17.3. The van der Waals surface area contributed by atoms with E-state index in [1.54, 1.807) is 24.3 Å². The Balaban J connectivity index is 1.82. The SMILES string of the molecule is O=C1CC(=O)n2cc(C(=O)NCc3ccc(Cl)cc3)c(=O)c3cc(C#CCO)cc(c32)N1. The monoisotopic (exact) mass is 449 g/mol. The molecule has 0 saturated carbocycles. The predicted molar refractivity (Wildman–Crippen MR) is 119 cm³/mol. The van der Waals surface area contributed by atoms with Crippen LogP contribution in [-0.4, -0.2) is 34.0 Å². The second-order valence-electron chi connectivity index (χ2n) is 7.05. The number of anilines is 1. The molecule has 0 aliphatic carbocycles. The molecular formula is C23H16ClN3O5. The van der Waals surface area contributed by atoms with Gasteiger partial charge in [0.25, 0.3) is 5.91 Å². The van der Waals surface area contributed by atoms with Gasteiger partial charge >= 0.3 is 0 Å². The van der Waals surface area contributed by atoms with Gasteiger partial charge in [0.15, 0.2) is 0 Å². The third kappa shape index (κ3) is 4.12. The van der Waals surface area contributed by atoms with Crippen molar-refractivity contribution in [2.45, 2.75) is 13.0 Å². The van der Waals surface area contributed by atoms with E-state index < -0.39 is 36.2 Å². The minimum Gasteiger partial charge on any atom is -0.384 e. The molecule has 0 fully saturated rings. The van der Waals surface area contributed by atoms with Crippen LogP contribution >= 0.6 is 11.6 Å². The molecule has 1 aliphatic heterocycles. The summed E-state index contributed by atoms with van der Waals surface area (Å²) in [4.78, 5) is 50.8. The van der Waals surface area contributed by atoms with Crippen LogP contribution in [0, 0.1) is 11.8 Å². The van der Waals surface area contributed by atoms with Crippen LogP contribution < -0.4 is 16.1 Å². The number of aromatic nitrogens is 1. The smallest absolute Gasteiger partial charge is 0.257 e. The molecule has 3 N–H and O–H groups in total. The Morgan fingerprint density at radius 3 is 2.66 bits per heavy atom. The third-order valence-corrected chi connectivity index (χ3v) is 5.13. The average Bonchev–Trinajstić information content (AvgIpc) is 2.89. The fourth-order valence-electron chi connectivity index (χ4n) is 3.43. The van der Waals surface area contributed by atoms with Crippen molar-refractivity contribution in [2.75, 3.05) is 11.9 Å². The van der Waals surface area contributed by atoms with Crippen molar-refractivity contribution in [3.05, 3.63) is 74.5 Å². The number of hydrogen-bond acceptors (Lipinski definition) is 5. The molecule has 2 amide bonds. The fourth-order valence-corrected chi connectivity index (χ4v) is 3.55. The second-order valence-corrected chi connectivity index (χ2v) is 7.49. The van der Waals surface area contributed by atoms with E-state index >= 15 is 0 Å². The molecule has 0 atom stereocenters. The van der Waals surface area contributed by atoms with Crippen molar-refractivity contribution in [2.24, 2.45) is 0 Å². The molecule has 3 aromatic rings. The third-order valence-electron chi connectivity index (χ3n) is 4.88. The molecule has 2 heterocycles. The average molecular weight is 450 g/mol. The zero-order valence-electron chi connectivity index (χ0n) is 16.6. The highest BCUT2D eigenvalue weighted by Crippen LogP contribution is 2.27. The van der Waals surface area contributed by atoms with Crippen LogP contribution in [0.2, 0.25) is 5.02 Å². The summed E-state index contributed by atoms with van der Waals surface area (Å²) in [6, 6.07) is 9.78. The van der Waals surface area contributed by atoms with Gasteiger partial charge in [0.05, 0.1) is 16.6 Å². The van der Waals surface area contributed by atoms with Gasteiger partial charge in [-0.25, -0.2) is 0 Å².